The average Bonchev–Trinajstić information content (AvgIpc) is 2.76. The lowest BCUT2D eigenvalue weighted by atomic mass is 9.93. The zero-order valence-electron chi connectivity index (χ0n) is 19.4. The molecule has 0 fully saturated rings. The summed E-state index contributed by atoms with van der Waals surface area (Å²) in [6, 6.07) is 18.0. The zero-order valence-corrected chi connectivity index (χ0v) is 19.4. The Morgan fingerprint density at radius 2 is 1.68 bits per heavy atom. The smallest absolute Gasteiger partial charge is 0.261 e. The van der Waals surface area contributed by atoms with Crippen LogP contribution in [-0.4, -0.2) is 19.1 Å². The SMILES string of the molecule is CC[C@H](Oc1cccc2ccccc12)C(=O)N[C@H](C)c1cc(C(C)C)c(OC)cc1C. The molecule has 4 heteroatoms. The van der Waals surface area contributed by atoms with Crippen LogP contribution in [0.1, 0.15) is 62.8 Å². The zero-order chi connectivity index (χ0) is 22.5. The molecule has 0 aliphatic heterocycles. The highest BCUT2D eigenvalue weighted by Gasteiger charge is 2.23. The number of nitrogens with one attached hydrogen (secondary N) is 1. The maximum absolute atomic E-state index is 13.1. The van der Waals surface area contributed by atoms with E-state index in [1.165, 1.54) is 0 Å². The van der Waals surface area contributed by atoms with Crippen LogP contribution in [0.3, 0.4) is 0 Å². The van der Waals surface area contributed by atoms with E-state index in [1.54, 1.807) is 7.11 Å². The number of aryl methyl sites for hydroxylation is 1. The van der Waals surface area contributed by atoms with Crippen LogP contribution in [0.25, 0.3) is 10.8 Å². The first-order chi connectivity index (χ1) is 14.8. The van der Waals surface area contributed by atoms with Gasteiger partial charge in [-0.2, -0.15) is 0 Å². The highest BCUT2D eigenvalue weighted by Crippen LogP contribution is 2.32. The molecule has 0 unspecified atom stereocenters. The van der Waals surface area contributed by atoms with Crippen molar-refractivity contribution in [3.8, 4) is 11.5 Å². The van der Waals surface area contributed by atoms with Gasteiger partial charge in [-0.05, 0) is 66.5 Å². The molecule has 0 heterocycles. The standard InChI is InChI=1S/C27H33NO3/c1-7-24(31-25-14-10-12-20-11-8-9-13-21(20)25)27(29)28-19(5)23-16-22(17(2)3)26(30-6)15-18(23)4/h8-17,19,24H,7H2,1-6H3,(H,28,29)/t19-,24+/m1/s1. The van der Waals surface area contributed by atoms with Gasteiger partial charge in [0.15, 0.2) is 6.10 Å². The van der Waals surface area contributed by atoms with E-state index >= 15 is 0 Å². The molecule has 0 aromatic heterocycles. The maximum Gasteiger partial charge on any atom is 0.261 e. The quantitative estimate of drug-likeness (QED) is 0.465. The van der Waals surface area contributed by atoms with Crippen LogP contribution in [0.5, 0.6) is 11.5 Å². The Hall–Kier alpha value is -3.01. The molecule has 0 saturated heterocycles. The van der Waals surface area contributed by atoms with E-state index in [0.29, 0.717) is 12.3 Å². The van der Waals surface area contributed by atoms with Crippen LogP contribution in [0.4, 0.5) is 0 Å². The third-order valence-electron chi connectivity index (χ3n) is 5.75. The predicted molar refractivity (Wildman–Crippen MR) is 127 cm³/mol. The second-order valence-corrected chi connectivity index (χ2v) is 8.33. The van der Waals surface area contributed by atoms with E-state index in [2.05, 4.69) is 38.2 Å². The minimum absolute atomic E-state index is 0.107. The minimum atomic E-state index is -0.559. The summed E-state index contributed by atoms with van der Waals surface area (Å²) in [7, 11) is 1.70. The van der Waals surface area contributed by atoms with Crippen molar-refractivity contribution in [3.05, 3.63) is 71.3 Å². The van der Waals surface area contributed by atoms with Gasteiger partial charge in [-0.25, -0.2) is 0 Å². The van der Waals surface area contributed by atoms with Gasteiger partial charge < -0.3 is 14.8 Å². The van der Waals surface area contributed by atoms with E-state index in [9.17, 15) is 4.79 Å². The van der Waals surface area contributed by atoms with E-state index in [4.69, 9.17) is 9.47 Å². The van der Waals surface area contributed by atoms with Crippen LogP contribution < -0.4 is 14.8 Å². The Morgan fingerprint density at radius 1 is 0.968 bits per heavy atom. The fraction of sp³-hybridized carbons (Fsp3) is 0.370. The van der Waals surface area contributed by atoms with Gasteiger partial charge in [0.1, 0.15) is 11.5 Å². The molecule has 1 N–H and O–H groups in total. The lowest BCUT2D eigenvalue weighted by molar-refractivity contribution is -0.128. The molecule has 3 aromatic rings. The fourth-order valence-corrected chi connectivity index (χ4v) is 3.97. The van der Waals surface area contributed by atoms with Gasteiger partial charge in [0.05, 0.1) is 13.2 Å². The summed E-state index contributed by atoms with van der Waals surface area (Å²) in [5.74, 6) is 1.84. The van der Waals surface area contributed by atoms with Crippen molar-refractivity contribution < 1.29 is 14.3 Å². The number of benzene rings is 3. The van der Waals surface area contributed by atoms with Crippen LogP contribution in [0, 0.1) is 6.92 Å². The topological polar surface area (TPSA) is 47.6 Å². The molecule has 3 rings (SSSR count). The molecular weight excluding hydrogens is 386 g/mol. The van der Waals surface area contributed by atoms with Crippen LogP contribution in [-0.2, 0) is 4.79 Å². The number of hydrogen-bond donors (Lipinski definition) is 1. The van der Waals surface area contributed by atoms with Crippen molar-refractivity contribution in [2.75, 3.05) is 7.11 Å². The molecule has 0 aliphatic carbocycles. The molecule has 4 nitrogen and oxygen atoms in total. The minimum Gasteiger partial charge on any atom is -0.496 e. The van der Waals surface area contributed by atoms with Crippen molar-refractivity contribution >= 4 is 16.7 Å². The highest BCUT2D eigenvalue weighted by molar-refractivity contribution is 5.89. The molecule has 31 heavy (non-hydrogen) atoms. The summed E-state index contributed by atoms with van der Waals surface area (Å²) >= 11 is 0. The molecule has 0 saturated carbocycles. The summed E-state index contributed by atoms with van der Waals surface area (Å²) in [4.78, 5) is 13.1. The van der Waals surface area contributed by atoms with Crippen molar-refractivity contribution in [1.29, 1.82) is 0 Å². The van der Waals surface area contributed by atoms with Crippen molar-refractivity contribution in [2.45, 2.75) is 59.1 Å². The van der Waals surface area contributed by atoms with E-state index in [-0.39, 0.29) is 11.9 Å². The molecule has 3 aromatic carbocycles. The third kappa shape index (κ3) is 5.01. The summed E-state index contributed by atoms with van der Waals surface area (Å²) in [5.41, 5.74) is 3.33. The normalized spacial score (nSPS) is 13.1. The molecular formula is C27H33NO3. The fourth-order valence-electron chi connectivity index (χ4n) is 3.97. The molecule has 2 atom stereocenters. The van der Waals surface area contributed by atoms with Gasteiger partial charge in [-0.15, -0.1) is 0 Å². The summed E-state index contributed by atoms with van der Waals surface area (Å²) in [5, 5.41) is 5.26. The van der Waals surface area contributed by atoms with Crippen LogP contribution >= 0.6 is 0 Å². The third-order valence-corrected chi connectivity index (χ3v) is 5.75. The molecule has 0 bridgehead atoms. The van der Waals surface area contributed by atoms with Gasteiger partial charge in [0.2, 0.25) is 0 Å². The number of methoxy groups -OCH3 is 1. The monoisotopic (exact) mass is 419 g/mol. The largest absolute Gasteiger partial charge is 0.496 e. The summed E-state index contributed by atoms with van der Waals surface area (Å²) < 4.78 is 11.7. The summed E-state index contributed by atoms with van der Waals surface area (Å²) in [6.07, 6.45) is 0.0250. The number of amides is 1. The average molecular weight is 420 g/mol. The summed E-state index contributed by atoms with van der Waals surface area (Å²) in [6.45, 7) is 10.3. The molecule has 164 valence electrons. The van der Waals surface area contributed by atoms with Crippen LogP contribution in [0.2, 0.25) is 0 Å². The van der Waals surface area contributed by atoms with E-state index in [0.717, 1.165) is 39.0 Å². The number of hydrogen-bond acceptors (Lipinski definition) is 3. The van der Waals surface area contributed by atoms with Gasteiger partial charge in [0.25, 0.3) is 5.91 Å². The van der Waals surface area contributed by atoms with Gasteiger partial charge in [-0.3, -0.25) is 4.79 Å². The van der Waals surface area contributed by atoms with E-state index in [1.807, 2.05) is 56.3 Å². The number of rotatable bonds is 8. The van der Waals surface area contributed by atoms with Crippen molar-refractivity contribution in [1.82, 2.24) is 5.32 Å². The number of carbonyl (C=O) groups is 1. The Morgan fingerprint density at radius 3 is 2.35 bits per heavy atom. The van der Waals surface area contributed by atoms with E-state index < -0.39 is 6.10 Å². The molecule has 1 amide bonds. The Labute approximate surface area is 185 Å². The van der Waals surface area contributed by atoms with Gasteiger partial charge in [0, 0.05) is 5.39 Å². The molecule has 0 radical (unpaired) electrons. The Kier molecular flexibility index (Phi) is 7.21. The first-order valence-electron chi connectivity index (χ1n) is 11.0. The van der Waals surface area contributed by atoms with Crippen molar-refractivity contribution in [2.24, 2.45) is 0 Å². The van der Waals surface area contributed by atoms with Crippen LogP contribution in [0.15, 0.2) is 54.6 Å². The maximum atomic E-state index is 13.1. The van der Waals surface area contributed by atoms with Gasteiger partial charge in [-0.1, -0.05) is 57.2 Å². The van der Waals surface area contributed by atoms with Crippen molar-refractivity contribution in [3.63, 3.8) is 0 Å². The van der Waals surface area contributed by atoms with Gasteiger partial charge >= 0.3 is 0 Å². The number of carbonyl (C=O) groups excluding carboxylic acids is 1. The molecule has 0 spiro atoms. The molecule has 0 aliphatic rings. The Bertz CT molecular complexity index is 1050. The Balaban J connectivity index is 1.80. The highest BCUT2D eigenvalue weighted by atomic mass is 16.5. The second-order valence-electron chi connectivity index (χ2n) is 8.33. The lowest BCUT2D eigenvalue weighted by Gasteiger charge is -2.24. The number of ether oxygens (including phenoxy) is 2. The number of fused-ring (bicyclic) bond motifs is 1. The first-order valence-corrected chi connectivity index (χ1v) is 11.0. The predicted octanol–water partition coefficient (Wildman–Crippen LogP) is 6.32. The lowest BCUT2D eigenvalue weighted by Crippen LogP contribution is -2.39. The second kappa shape index (κ2) is 9.86. The first kappa shape index (κ1) is 22.7.